The fourth-order valence-electron chi connectivity index (χ4n) is 3.73. The van der Waals surface area contributed by atoms with Gasteiger partial charge in [0.2, 0.25) is 5.84 Å². The van der Waals surface area contributed by atoms with Crippen molar-refractivity contribution < 1.29 is 9.85 Å². The Morgan fingerprint density at radius 3 is 1.87 bits per heavy atom. The van der Waals surface area contributed by atoms with Crippen molar-refractivity contribution in [1.82, 2.24) is 19.8 Å². The van der Waals surface area contributed by atoms with Crippen LogP contribution in [0.25, 0.3) is 0 Å². The predicted octanol–water partition coefficient (Wildman–Crippen LogP) is 4.55. The number of amidine groups is 2. The van der Waals surface area contributed by atoms with Crippen molar-refractivity contribution >= 4 is 34.9 Å². The number of aliphatic imine (C=N–C) groups is 2. The van der Waals surface area contributed by atoms with Gasteiger partial charge in [-0.05, 0) is 43.2 Å². The van der Waals surface area contributed by atoms with Gasteiger partial charge in [-0.15, -0.1) is 0 Å². The lowest BCUT2D eigenvalue weighted by Gasteiger charge is -2.25. The van der Waals surface area contributed by atoms with Crippen molar-refractivity contribution in [3.05, 3.63) is 102 Å². The van der Waals surface area contributed by atoms with Gasteiger partial charge in [0.25, 0.3) is 6.04 Å². The van der Waals surface area contributed by atoms with Gasteiger partial charge in [0.15, 0.2) is 5.84 Å². The van der Waals surface area contributed by atoms with E-state index < -0.39 is 15.9 Å². The van der Waals surface area contributed by atoms with Crippen molar-refractivity contribution in [2.45, 2.75) is 33.0 Å². The first-order chi connectivity index (χ1) is 18.6. The maximum Gasteiger partial charge on any atom is 0.311 e. The van der Waals surface area contributed by atoms with E-state index in [1.165, 1.54) is 32.3 Å². The molecule has 0 fully saturated rings. The second kappa shape index (κ2) is 15.5. The predicted molar refractivity (Wildman–Crippen MR) is 152 cm³/mol. The van der Waals surface area contributed by atoms with E-state index in [0.717, 1.165) is 11.1 Å². The summed E-state index contributed by atoms with van der Waals surface area (Å²) in [6, 6.07) is 5.48. The molecule has 208 valence electrons. The second-order valence-electron chi connectivity index (χ2n) is 8.06. The van der Waals surface area contributed by atoms with E-state index >= 15 is 0 Å². The van der Waals surface area contributed by atoms with Crippen LogP contribution in [0.15, 0.2) is 70.6 Å². The summed E-state index contributed by atoms with van der Waals surface area (Å²) < 4.78 is 0. The Balaban J connectivity index is 2.34. The van der Waals surface area contributed by atoms with E-state index in [0.29, 0.717) is 36.5 Å². The molecular formula is C25H30Cl2N8O4. The second-order valence-corrected chi connectivity index (χ2v) is 8.83. The largest absolute Gasteiger partial charge is 0.350 e. The number of halogens is 2. The highest BCUT2D eigenvalue weighted by atomic mass is 35.5. The molecule has 0 saturated heterocycles. The molecule has 1 atom stereocenters. The molecule has 0 bridgehead atoms. The molecule has 0 aliphatic rings. The maximum atomic E-state index is 12.0. The zero-order chi connectivity index (χ0) is 28.9. The normalized spacial score (nSPS) is 13.4. The molecule has 0 aliphatic carbocycles. The highest BCUT2D eigenvalue weighted by Gasteiger charge is 2.29. The molecule has 0 aliphatic heterocycles. The zero-order valence-corrected chi connectivity index (χ0v) is 23.6. The Kier molecular flexibility index (Phi) is 12.4. The van der Waals surface area contributed by atoms with Gasteiger partial charge in [-0.25, -0.2) is 9.97 Å². The van der Waals surface area contributed by atoms with Gasteiger partial charge < -0.3 is 9.80 Å². The first-order valence-electron chi connectivity index (χ1n) is 12.0. The minimum Gasteiger partial charge on any atom is -0.350 e. The number of rotatable bonds is 12. The van der Waals surface area contributed by atoms with Gasteiger partial charge in [-0.3, -0.25) is 30.2 Å². The molecule has 0 spiro atoms. The Bertz CT molecular complexity index is 1250. The van der Waals surface area contributed by atoms with Gasteiger partial charge in [-0.2, -0.15) is 0 Å². The third kappa shape index (κ3) is 9.11. The molecule has 1 unspecified atom stereocenters. The van der Waals surface area contributed by atoms with E-state index in [9.17, 15) is 20.2 Å². The van der Waals surface area contributed by atoms with Gasteiger partial charge in [0.05, 0.1) is 4.92 Å². The van der Waals surface area contributed by atoms with E-state index in [4.69, 9.17) is 23.2 Å². The summed E-state index contributed by atoms with van der Waals surface area (Å²) in [4.78, 5) is 42.8. The van der Waals surface area contributed by atoms with Crippen LogP contribution >= 0.6 is 23.2 Å². The number of aromatic nitrogens is 2. The maximum absolute atomic E-state index is 12.0. The van der Waals surface area contributed by atoms with Crippen molar-refractivity contribution in [1.29, 1.82) is 0 Å². The lowest BCUT2D eigenvalue weighted by molar-refractivity contribution is -0.491. The molecule has 12 nitrogen and oxygen atoms in total. The summed E-state index contributed by atoms with van der Waals surface area (Å²) in [5.41, 5.74) is 1.27. The molecule has 2 aromatic heterocycles. The van der Waals surface area contributed by atoms with E-state index in [2.05, 4.69) is 20.0 Å². The summed E-state index contributed by atoms with van der Waals surface area (Å²) in [5.74, 6) is 0.314. The van der Waals surface area contributed by atoms with Gasteiger partial charge >= 0.3 is 5.70 Å². The minimum atomic E-state index is -1.34. The van der Waals surface area contributed by atoms with Crippen LogP contribution in [0.2, 0.25) is 10.3 Å². The highest BCUT2D eigenvalue weighted by molar-refractivity contribution is 6.29. The molecule has 0 radical (unpaired) electrons. The van der Waals surface area contributed by atoms with E-state index in [-0.39, 0.29) is 17.4 Å². The van der Waals surface area contributed by atoms with Crippen LogP contribution in [0.5, 0.6) is 0 Å². The van der Waals surface area contributed by atoms with Crippen LogP contribution in [0, 0.1) is 20.2 Å². The standard InChI is InChI=1S/C25H30Cl2N8O4/c1-5-32(16-18-10-12-22(26)30-14-18)24(28-3)20(34(36)37)8-7-9-21(35(38)39)25(29-4)33(6-2)17-19-11-13-23(27)31-15-19/h7-15,20H,5-6,16-17H2,1-4H3/b8-7+,21-9+,28-24?,29-25?. The Hall–Kier alpha value is -3.90. The van der Waals surface area contributed by atoms with Crippen LogP contribution in [-0.4, -0.2) is 74.5 Å². The molecule has 0 amide bonds. The lowest BCUT2D eigenvalue weighted by atomic mass is 10.2. The number of allylic oxidation sites excluding steroid dienone is 2. The Morgan fingerprint density at radius 2 is 1.49 bits per heavy atom. The van der Waals surface area contributed by atoms with Crippen LogP contribution in [0.3, 0.4) is 0 Å². The van der Waals surface area contributed by atoms with Crippen LogP contribution in [0.4, 0.5) is 0 Å². The molecule has 0 saturated carbocycles. The van der Waals surface area contributed by atoms with Gasteiger partial charge in [0.1, 0.15) is 10.3 Å². The number of pyridine rings is 2. The molecule has 2 rings (SSSR count). The monoisotopic (exact) mass is 576 g/mol. The molecule has 0 aromatic carbocycles. The summed E-state index contributed by atoms with van der Waals surface area (Å²) >= 11 is 11.7. The lowest BCUT2D eigenvalue weighted by Crippen LogP contribution is -2.41. The smallest absolute Gasteiger partial charge is 0.311 e. The third-order valence-electron chi connectivity index (χ3n) is 5.62. The van der Waals surface area contributed by atoms with Crippen molar-refractivity contribution in [2.75, 3.05) is 27.2 Å². The average molecular weight is 577 g/mol. The molecule has 2 aromatic rings. The number of hydrogen-bond acceptors (Lipinski definition) is 8. The SMILES string of the molecule is CCN(Cc1ccc(Cl)nc1)C(=NC)/C(=C\C=C\C(C(=NC)N(CC)Cc1ccc(Cl)nc1)[N+](=O)[O-])[N+](=O)[O-]. The number of likely N-dealkylation sites (N-methyl/N-ethyl adjacent to an activating group) is 2. The van der Waals surface area contributed by atoms with Crippen LogP contribution < -0.4 is 0 Å². The topological polar surface area (TPSA) is 143 Å². The fourth-order valence-corrected chi connectivity index (χ4v) is 3.95. The highest BCUT2D eigenvalue weighted by Crippen LogP contribution is 2.14. The van der Waals surface area contributed by atoms with Gasteiger partial charge in [0, 0.05) is 63.7 Å². The van der Waals surface area contributed by atoms with E-state index in [1.807, 2.05) is 13.8 Å². The summed E-state index contributed by atoms with van der Waals surface area (Å²) in [6.07, 6.45) is 6.93. The molecule has 2 heterocycles. The van der Waals surface area contributed by atoms with Crippen molar-refractivity contribution in [3.8, 4) is 0 Å². The third-order valence-corrected chi connectivity index (χ3v) is 6.06. The van der Waals surface area contributed by atoms with Crippen molar-refractivity contribution in [2.24, 2.45) is 9.98 Å². The Labute approximate surface area is 236 Å². The summed E-state index contributed by atoms with van der Waals surface area (Å²) in [5, 5.41) is 24.7. The average Bonchev–Trinajstić information content (AvgIpc) is 2.92. The molecule has 39 heavy (non-hydrogen) atoms. The molecule has 0 N–H and O–H groups in total. The summed E-state index contributed by atoms with van der Waals surface area (Å²) in [6.45, 7) is 5.15. The minimum absolute atomic E-state index is 0.120. The van der Waals surface area contributed by atoms with Gasteiger partial charge in [-0.1, -0.05) is 41.4 Å². The zero-order valence-electron chi connectivity index (χ0n) is 22.1. The number of nitro groups is 2. The fraction of sp³-hybridized carbons (Fsp3) is 0.360. The molecule has 14 heteroatoms. The quantitative estimate of drug-likeness (QED) is 0.0893. The number of hydrogen-bond donors (Lipinski definition) is 0. The van der Waals surface area contributed by atoms with Crippen molar-refractivity contribution in [3.63, 3.8) is 0 Å². The summed E-state index contributed by atoms with van der Waals surface area (Å²) in [7, 11) is 2.92. The number of nitrogens with zero attached hydrogens (tertiary/aromatic N) is 8. The van der Waals surface area contributed by atoms with Crippen LogP contribution in [-0.2, 0) is 13.1 Å². The molecular weight excluding hydrogens is 547 g/mol. The first kappa shape index (κ1) is 31.3. The van der Waals surface area contributed by atoms with Crippen LogP contribution in [0.1, 0.15) is 25.0 Å². The first-order valence-corrected chi connectivity index (χ1v) is 12.7. The Morgan fingerprint density at radius 1 is 0.949 bits per heavy atom. The van der Waals surface area contributed by atoms with E-state index in [1.54, 1.807) is 46.5 Å².